The molecule has 0 spiro atoms. The first kappa shape index (κ1) is 13.2. The molecule has 1 aliphatic rings. The molecule has 0 heterocycles. The zero-order chi connectivity index (χ0) is 13.3. The Balaban J connectivity index is 2.12. The molecule has 3 nitrogen and oxygen atoms in total. The van der Waals surface area contributed by atoms with Crippen LogP contribution in [0.2, 0.25) is 0 Å². The molecule has 0 aliphatic heterocycles. The first-order valence-electron chi connectivity index (χ1n) is 6.47. The molecule has 2 rings (SSSR count). The number of hydrogen-bond acceptors (Lipinski definition) is 3. The van der Waals surface area contributed by atoms with E-state index in [1.54, 1.807) is 7.11 Å². The summed E-state index contributed by atoms with van der Waals surface area (Å²) < 4.78 is 11.5. The second kappa shape index (κ2) is 4.81. The number of aryl methyl sites for hydroxylation is 1. The van der Waals surface area contributed by atoms with E-state index in [4.69, 9.17) is 9.47 Å². The number of methoxy groups -OCH3 is 1. The smallest absolute Gasteiger partial charge is 0.161 e. The van der Waals surface area contributed by atoms with Crippen LogP contribution in [0.3, 0.4) is 0 Å². The lowest BCUT2D eigenvalue weighted by atomic mass is 9.64. The van der Waals surface area contributed by atoms with Gasteiger partial charge in [-0.1, -0.05) is 19.9 Å². The predicted octanol–water partition coefficient (Wildman–Crippen LogP) is 2.77. The van der Waals surface area contributed by atoms with Crippen molar-refractivity contribution in [1.29, 1.82) is 0 Å². The summed E-state index contributed by atoms with van der Waals surface area (Å²) in [5, 5.41) is 3.33. The van der Waals surface area contributed by atoms with Gasteiger partial charge in [0.1, 0.15) is 6.10 Å². The van der Waals surface area contributed by atoms with Gasteiger partial charge in [0, 0.05) is 17.9 Å². The minimum absolute atomic E-state index is 0.157. The Morgan fingerprint density at radius 1 is 1.28 bits per heavy atom. The van der Waals surface area contributed by atoms with Gasteiger partial charge in [0.2, 0.25) is 0 Å². The van der Waals surface area contributed by atoms with Crippen LogP contribution in [0.25, 0.3) is 0 Å². The average Bonchev–Trinajstić information content (AvgIpc) is 2.35. The van der Waals surface area contributed by atoms with E-state index in [1.807, 2.05) is 19.2 Å². The minimum atomic E-state index is 0.157. The molecule has 0 saturated heterocycles. The monoisotopic (exact) mass is 249 g/mol. The maximum atomic E-state index is 6.11. The summed E-state index contributed by atoms with van der Waals surface area (Å²) in [5.41, 5.74) is 1.34. The standard InChI is InChI=1S/C15H23NO2/c1-10-6-7-11(12(8-10)17-5)18-14-9-13(16-4)15(14,2)3/h6-8,13-14,16H,9H2,1-5H3. The topological polar surface area (TPSA) is 30.5 Å². The van der Waals surface area contributed by atoms with Crippen molar-refractivity contribution in [1.82, 2.24) is 5.32 Å². The number of ether oxygens (including phenoxy) is 2. The van der Waals surface area contributed by atoms with E-state index in [1.165, 1.54) is 5.56 Å². The lowest BCUT2D eigenvalue weighted by Gasteiger charge is -2.51. The molecular formula is C15H23NO2. The lowest BCUT2D eigenvalue weighted by molar-refractivity contribution is -0.0530. The zero-order valence-electron chi connectivity index (χ0n) is 11.9. The first-order chi connectivity index (χ1) is 8.48. The van der Waals surface area contributed by atoms with Gasteiger partial charge in [-0.2, -0.15) is 0 Å². The third-order valence-corrected chi connectivity index (χ3v) is 4.11. The highest BCUT2D eigenvalue weighted by Crippen LogP contribution is 2.44. The molecule has 1 aliphatic carbocycles. The van der Waals surface area contributed by atoms with Gasteiger partial charge in [0.15, 0.2) is 11.5 Å². The predicted molar refractivity (Wildman–Crippen MR) is 73.4 cm³/mol. The van der Waals surface area contributed by atoms with Gasteiger partial charge in [-0.05, 0) is 31.7 Å². The molecule has 18 heavy (non-hydrogen) atoms. The van der Waals surface area contributed by atoms with Crippen molar-refractivity contribution in [2.45, 2.75) is 39.3 Å². The van der Waals surface area contributed by atoms with Gasteiger partial charge in [-0.15, -0.1) is 0 Å². The van der Waals surface area contributed by atoms with Crippen molar-refractivity contribution in [3.05, 3.63) is 23.8 Å². The summed E-state index contributed by atoms with van der Waals surface area (Å²) in [6.07, 6.45) is 1.28. The second-order valence-corrected chi connectivity index (χ2v) is 5.66. The summed E-state index contributed by atoms with van der Waals surface area (Å²) in [6.45, 7) is 6.53. The van der Waals surface area contributed by atoms with Crippen LogP contribution in [0, 0.1) is 12.3 Å². The largest absolute Gasteiger partial charge is 0.493 e. The lowest BCUT2D eigenvalue weighted by Crippen LogP contribution is -2.61. The molecule has 3 heteroatoms. The van der Waals surface area contributed by atoms with Gasteiger partial charge < -0.3 is 14.8 Å². The summed E-state index contributed by atoms with van der Waals surface area (Å²) >= 11 is 0. The van der Waals surface area contributed by atoms with E-state index in [0.717, 1.165) is 17.9 Å². The van der Waals surface area contributed by atoms with Crippen LogP contribution in [0.4, 0.5) is 0 Å². The van der Waals surface area contributed by atoms with Gasteiger partial charge in [-0.3, -0.25) is 0 Å². The number of benzene rings is 1. The van der Waals surface area contributed by atoms with Crippen LogP contribution in [-0.4, -0.2) is 26.3 Å². The van der Waals surface area contributed by atoms with Crippen LogP contribution in [0.5, 0.6) is 11.5 Å². The quantitative estimate of drug-likeness (QED) is 0.890. The third kappa shape index (κ3) is 2.19. The van der Waals surface area contributed by atoms with Crippen molar-refractivity contribution in [2.24, 2.45) is 5.41 Å². The fraction of sp³-hybridized carbons (Fsp3) is 0.600. The molecule has 1 N–H and O–H groups in total. The first-order valence-corrected chi connectivity index (χ1v) is 6.47. The SMILES string of the molecule is CNC1CC(Oc2ccc(C)cc2OC)C1(C)C. The molecule has 0 amide bonds. The molecule has 0 bridgehead atoms. The van der Waals surface area contributed by atoms with Gasteiger partial charge >= 0.3 is 0 Å². The summed E-state index contributed by atoms with van der Waals surface area (Å²) in [7, 11) is 3.69. The fourth-order valence-electron chi connectivity index (χ4n) is 2.60. The van der Waals surface area contributed by atoms with Crippen LogP contribution < -0.4 is 14.8 Å². The summed E-state index contributed by atoms with van der Waals surface area (Å²) in [5.74, 6) is 1.66. The van der Waals surface area contributed by atoms with Gasteiger partial charge in [0.05, 0.1) is 7.11 Å². The molecule has 1 aromatic rings. The highest BCUT2D eigenvalue weighted by atomic mass is 16.5. The van der Waals surface area contributed by atoms with Crippen LogP contribution >= 0.6 is 0 Å². The van der Waals surface area contributed by atoms with Gasteiger partial charge in [0.25, 0.3) is 0 Å². The Kier molecular flexibility index (Phi) is 3.53. The van der Waals surface area contributed by atoms with Crippen LogP contribution in [0.1, 0.15) is 25.8 Å². The maximum absolute atomic E-state index is 6.11. The van der Waals surface area contributed by atoms with E-state index < -0.39 is 0 Å². The van der Waals surface area contributed by atoms with Crippen molar-refractivity contribution in [3.8, 4) is 11.5 Å². The molecule has 2 unspecified atom stereocenters. The minimum Gasteiger partial charge on any atom is -0.493 e. The molecule has 1 saturated carbocycles. The Morgan fingerprint density at radius 3 is 2.56 bits per heavy atom. The Bertz CT molecular complexity index is 429. The number of hydrogen-bond donors (Lipinski definition) is 1. The molecular weight excluding hydrogens is 226 g/mol. The van der Waals surface area contributed by atoms with Crippen molar-refractivity contribution >= 4 is 0 Å². The normalized spacial score (nSPS) is 25.4. The Morgan fingerprint density at radius 2 is 2.00 bits per heavy atom. The fourth-order valence-corrected chi connectivity index (χ4v) is 2.60. The summed E-state index contributed by atoms with van der Waals surface area (Å²) in [6, 6.07) is 6.59. The highest BCUT2D eigenvalue weighted by Gasteiger charge is 2.49. The molecule has 0 aromatic heterocycles. The van der Waals surface area contributed by atoms with E-state index >= 15 is 0 Å². The third-order valence-electron chi connectivity index (χ3n) is 4.11. The van der Waals surface area contributed by atoms with Crippen molar-refractivity contribution < 1.29 is 9.47 Å². The Hall–Kier alpha value is -1.22. The van der Waals surface area contributed by atoms with Crippen LogP contribution in [0.15, 0.2) is 18.2 Å². The van der Waals surface area contributed by atoms with E-state index in [-0.39, 0.29) is 11.5 Å². The van der Waals surface area contributed by atoms with Gasteiger partial charge in [-0.25, -0.2) is 0 Å². The van der Waals surface area contributed by atoms with Crippen molar-refractivity contribution in [2.75, 3.05) is 14.2 Å². The zero-order valence-corrected chi connectivity index (χ0v) is 11.9. The molecule has 100 valence electrons. The summed E-state index contributed by atoms with van der Waals surface area (Å²) in [4.78, 5) is 0. The molecule has 1 fully saturated rings. The van der Waals surface area contributed by atoms with E-state index in [2.05, 4.69) is 32.2 Å². The van der Waals surface area contributed by atoms with Crippen LogP contribution in [-0.2, 0) is 0 Å². The van der Waals surface area contributed by atoms with Crippen molar-refractivity contribution in [3.63, 3.8) is 0 Å². The molecule has 0 radical (unpaired) electrons. The highest BCUT2D eigenvalue weighted by molar-refractivity contribution is 5.43. The van der Waals surface area contributed by atoms with E-state index in [9.17, 15) is 0 Å². The molecule has 1 aromatic carbocycles. The second-order valence-electron chi connectivity index (χ2n) is 5.66. The number of nitrogens with one attached hydrogen (secondary N) is 1. The Labute approximate surface area is 109 Å². The maximum Gasteiger partial charge on any atom is 0.161 e. The molecule has 2 atom stereocenters. The number of rotatable bonds is 4. The van der Waals surface area contributed by atoms with E-state index in [0.29, 0.717) is 6.04 Å². The average molecular weight is 249 g/mol.